The zero-order valence-corrected chi connectivity index (χ0v) is 16.3. The lowest BCUT2D eigenvalue weighted by Gasteiger charge is -2.41. The van der Waals surface area contributed by atoms with E-state index in [2.05, 4.69) is 21.9 Å². The molecule has 1 saturated heterocycles. The van der Waals surface area contributed by atoms with Crippen LogP contribution >= 0.6 is 11.6 Å². The number of ether oxygens (including phenoxy) is 2. The van der Waals surface area contributed by atoms with Gasteiger partial charge in [0.25, 0.3) is 0 Å². The van der Waals surface area contributed by atoms with E-state index in [1.807, 2.05) is 6.92 Å². The molecular weight excluding hydrogens is 380 g/mol. The third kappa shape index (κ3) is 6.48. The van der Waals surface area contributed by atoms with Crippen LogP contribution in [-0.4, -0.2) is 67.9 Å². The summed E-state index contributed by atoms with van der Waals surface area (Å²) in [7, 11) is 0. The predicted octanol–water partition coefficient (Wildman–Crippen LogP) is 3.91. The Labute approximate surface area is 163 Å². The first-order valence-corrected chi connectivity index (χ1v) is 9.44. The van der Waals surface area contributed by atoms with E-state index in [0.717, 1.165) is 19.5 Å². The number of alkyl halides is 2. The van der Waals surface area contributed by atoms with Gasteiger partial charge in [-0.25, -0.2) is 4.79 Å². The summed E-state index contributed by atoms with van der Waals surface area (Å²) >= 11 is 5.93. The number of anilines is 1. The predicted molar refractivity (Wildman–Crippen MR) is 101 cm³/mol. The molecule has 9 heteroatoms. The van der Waals surface area contributed by atoms with Crippen LogP contribution in [0.25, 0.3) is 0 Å². The van der Waals surface area contributed by atoms with Crippen LogP contribution in [0, 0.1) is 0 Å². The molecule has 2 amide bonds. The molecule has 1 heterocycles. The highest BCUT2D eigenvalue weighted by molar-refractivity contribution is 6.32. The van der Waals surface area contributed by atoms with E-state index in [9.17, 15) is 13.6 Å². The number of halogens is 3. The van der Waals surface area contributed by atoms with Crippen LogP contribution in [-0.2, 0) is 4.74 Å². The Morgan fingerprint density at radius 3 is 2.78 bits per heavy atom. The Kier molecular flexibility index (Phi) is 8.53. The van der Waals surface area contributed by atoms with E-state index >= 15 is 0 Å². The Bertz CT molecular complexity index is 622. The summed E-state index contributed by atoms with van der Waals surface area (Å²) in [6.45, 7) is 5.35. The molecular formula is C18H26ClF2N3O3. The van der Waals surface area contributed by atoms with E-state index < -0.39 is 6.61 Å². The van der Waals surface area contributed by atoms with Crippen LogP contribution < -0.4 is 10.1 Å². The van der Waals surface area contributed by atoms with Gasteiger partial charge < -0.3 is 19.7 Å². The van der Waals surface area contributed by atoms with Crippen LogP contribution in [0.1, 0.15) is 20.3 Å². The van der Waals surface area contributed by atoms with E-state index in [-0.39, 0.29) is 22.8 Å². The van der Waals surface area contributed by atoms with Crippen molar-refractivity contribution in [2.75, 3.05) is 44.7 Å². The lowest BCUT2D eigenvalue weighted by Crippen LogP contribution is -2.56. The van der Waals surface area contributed by atoms with Gasteiger partial charge in [0.15, 0.2) is 0 Å². The molecule has 2 rings (SSSR count). The van der Waals surface area contributed by atoms with Gasteiger partial charge in [-0.05, 0) is 31.5 Å². The Morgan fingerprint density at radius 1 is 1.37 bits per heavy atom. The second kappa shape index (κ2) is 10.6. The number of hydrogen-bond acceptors (Lipinski definition) is 4. The maximum absolute atomic E-state index is 12.5. The summed E-state index contributed by atoms with van der Waals surface area (Å²) in [5.41, 5.74) is 0.429. The fraction of sp³-hybridized carbons (Fsp3) is 0.611. The molecule has 0 bridgehead atoms. The van der Waals surface area contributed by atoms with Gasteiger partial charge in [-0.1, -0.05) is 18.5 Å². The molecule has 1 aromatic carbocycles. The Balaban J connectivity index is 1.91. The molecule has 0 saturated carbocycles. The first-order chi connectivity index (χ1) is 12.9. The van der Waals surface area contributed by atoms with Crippen LogP contribution in [0.5, 0.6) is 5.75 Å². The molecule has 0 radical (unpaired) electrons. The number of piperazine rings is 1. The van der Waals surface area contributed by atoms with Gasteiger partial charge in [0.2, 0.25) is 0 Å². The summed E-state index contributed by atoms with van der Waals surface area (Å²) in [4.78, 5) is 16.6. The van der Waals surface area contributed by atoms with Crippen molar-refractivity contribution in [1.29, 1.82) is 0 Å². The smallest absolute Gasteiger partial charge is 0.387 e. The molecule has 152 valence electrons. The molecule has 6 nitrogen and oxygen atoms in total. The van der Waals surface area contributed by atoms with Crippen molar-refractivity contribution >= 4 is 23.3 Å². The number of carbonyl (C=O) groups excluding carboxylic acids is 1. The van der Waals surface area contributed by atoms with E-state index in [4.69, 9.17) is 16.3 Å². The van der Waals surface area contributed by atoms with Crippen molar-refractivity contribution in [3.63, 3.8) is 0 Å². The largest absolute Gasteiger partial charge is 0.433 e. The first kappa shape index (κ1) is 21.7. The molecule has 1 N–H and O–H groups in total. The van der Waals surface area contributed by atoms with Gasteiger partial charge in [-0.2, -0.15) is 8.78 Å². The zero-order valence-electron chi connectivity index (χ0n) is 15.6. The fourth-order valence-electron chi connectivity index (χ4n) is 3.06. The van der Waals surface area contributed by atoms with Crippen molar-refractivity contribution < 1.29 is 23.0 Å². The minimum absolute atomic E-state index is 0.0141. The lowest BCUT2D eigenvalue weighted by atomic mass is 10.1. The highest BCUT2D eigenvalue weighted by atomic mass is 35.5. The van der Waals surface area contributed by atoms with E-state index in [0.29, 0.717) is 32.0 Å². The topological polar surface area (TPSA) is 54.0 Å². The molecule has 1 fully saturated rings. The second-order valence-electron chi connectivity index (χ2n) is 6.19. The number of hydrogen-bond donors (Lipinski definition) is 1. The number of nitrogens with zero attached hydrogens (tertiary/aromatic N) is 2. The third-order valence-corrected chi connectivity index (χ3v) is 4.78. The normalized spacial score (nSPS) is 18.0. The molecule has 0 unspecified atom stereocenters. The number of amides is 2. The van der Waals surface area contributed by atoms with Crippen molar-refractivity contribution in [1.82, 2.24) is 9.80 Å². The van der Waals surface area contributed by atoms with Crippen molar-refractivity contribution in [3.8, 4) is 5.75 Å². The maximum atomic E-state index is 12.5. The zero-order chi connectivity index (χ0) is 19.8. The Hall–Kier alpha value is -1.64. The SMILES string of the molecule is CCOCCN1CCN(C(=O)Nc2ccc(OC(F)F)c(Cl)c2)C[C@@H]1CC. The van der Waals surface area contributed by atoms with E-state index in [1.54, 1.807) is 4.90 Å². The highest BCUT2D eigenvalue weighted by Crippen LogP contribution is 2.29. The lowest BCUT2D eigenvalue weighted by molar-refractivity contribution is -0.0497. The molecule has 1 aliphatic rings. The molecule has 27 heavy (non-hydrogen) atoms. The molecule has 1 atom stereocenters. The number of nitrogens with one attached hydrogen (secondary N) is 1. The number of carbonyl (C=O) groups is 1. The number of urea groups is 1. The minimum atomic E-state index is -2.95. The van der Waals surface area contributed by atoms with Crippen molar-refractivity contribution in [2.24, 2.45) is 0 Å². The van der Waals surface area contributed by atoms with Gasteiger partial charge >= 0.3 is 12.6 Å². The van der Waals surface area contributed by atoms with Crippen molar-refractivity contribution in [2.45, 2.75) is 32.9 Å². The number of benzene rings is 1. The molecule has 0 aliphatic carbocycles. The second-order valence-corrected chi connectivity index (χ2v) is 6.60. The molecule has 0 spiro atoms. The van der Waals surface area contributed by atoms with Gasteiger partial charge in [0.1, 0.15) is 5.75 Å². The van der Waals surface area contributed by atoms with E-state index in [1.165, 1.54) is 18.2 Å². The van der Waals surface area contributed by atoms with Crippen molar-refractivity contribution in [3.05, 3.63) is 23.2 Å². The van der Waals surface area contributed by atoms with Crippen LogP contribution in [0.2, 0.25) is 5.02 Å². The Morgan fingerprint density at radius 2 is 2.15 bits per heavy atom. The van der Waals surface area contributed by atoms with Gasteiger partial charge in [0.05, 0.1) is 11.6 Å². The quantitative estimate of drug-likeness (QED) is 0.666. The van der Waals surface area contributed by atoms with Gasteiger partial charge in [0, 0.05) is 44.5 Å². The highest BCUT2D eigenvalue weighted by Gasteiger charge is 2.28. The standard InChI is InChI=1S/C18H26ClF2N3O3/c1-3-14-12-24(8-7-23(14)9-10-26-4-2)18(25)22-13-5-6-16(15(19)11-13)27-17(20)21/h5-6,11,14,17H,3-4,7-10,12H2,1-2H3,(H,22,25)/t14-/m0/s1. The monoisotopic (exact) mass is 405 g/mol. The molecule has 1 aliphatic heterocycles. The van der Waals surface area contributed by atoms with Crippen LogP contribution in [0.15, 0.2) is 18.2 Å². The summed E-state index contributed by atoms with van der Waals surface area (Å²) < 4.78 is 34.3. The average Bonchev–Trinajstić information content (AvgIpc) is 2.64. The van der Waals surface area contributed by atoms with Gasteiger partial charge in [-0.3, -0.25) is 4.90 Å². The number of rotatable bonds is 8. The summed E-state index contributed by atoms with van der Waals surface area (Å²) in [6, 6.07) is 4.22. The summed E-state index contributed by atoms with van der Waals surface area (Å²) in [6.07, 6.45) is 0.932. The summed E-state index contributed by atoms with van der Waals surface area (Å²) in [5, 5.41) is 2.78. The fourth-order valence-corrected chi connectivity index (χ4v) is 3.28. The van der Waals surface area contributed by atoms with Gasteiger partial charge in [-0.15, -0.1) is 0 Å². The molecule has 1 aromatic rings. The average molecular weight is 406 g/mol. The third-order valence-electron chi connectivity index (χ3n) is 4.49. The van der Waals surface area contributed by atoms with Crippen LogP contribution in [0.4, 0.5) is 19.3 Å². The molecule has 0 aromatic heterocycles. The maximum Gasteiger partial charge on any atom is 0.387 e. The summed E-state index contributed by atoms with van der Waals surface area (Å²) in [5.74, 6) is -0.126. The van der Waals surface area contributed by atoms with Crippen LogP contribution in [0.3, 0.4) is 0 Å². The first-order valence-electron chi connectivity index (χ1n) is 9.06. The minimum Gasteiger partial charge on any atom is -0.433 e.